The number of phenolic OH excluding ortho intramolecular Hbond substituents is 1. The smallest absolute Gasteiger partial charge is 0.164 e. The van der Waals surface area contributed by atoms with Crippen molar-refractivity contribution in [1.82, 2.24) is 4.31 Å². The average Bonchev–Trinajstić information content (AvgIpc) is 2.35. The molecule has 1 heterocycles. The van der Waals surface area contributed by atoms with E-state index in [2.05, 4.69) is 11.2 Å². The first-order valence-corrected chi connectivity index (χ1v) is 6.88. The van der Waals surface area contributed by atoms with Gasteiger partial charge in [-0.15, -0.1) is 0 Å². The van der Waals surface area contributed by atoms with Crippen LogP contribution in [0.2, 0.25) is 0 Å². The Morgan fingerprint density at radius 1 is 1.41 bits per heavy atom. The van der Waals surface area contributed by atoms with E-state index in [9.17, 15) is 9.50 Å². The molecule has 0 radical (unpaired) electrons. The van der Waals surface area contributed by atoms with Crippen LogP contribution in [0.15, 0.2) is 23.1 Å². The van der Waals surface area contributed by atoms with Crippen LogP contribution in [0.4, 0.5) is 4.39 Å². The molecule has 94 valence electrons. The summed E-state index contributed by atoms with van der Waals surface area (Å²) in [4.78, 5) is 0.902. The Balaban J connectivity index is 1.91. The second-order valence-corrected chi connectivity index (χ2v) is 5.66. The Morgan fingerprint density at radius 3 is 2.71 bits per heavy atom. The molecule has 0 spiro atoms. The fraction of sp³-hybridized carbons (Fsp3) is 0.538. The predicted molar refractivity (Wildman–Crippen MR) is 68.5 cm³/mol. The van der Waals surface area contributed by atoms with Crippen molar-refractivity contribution in [2.75, 3.05) is 13.1 Å². The lowest BCUT2D eigenvalue weighted by atomic mass is 9.96. The molecule has 0 atom stereocenters. The maximum absolute atomic E-state index is 12.9. The third kappa shape index (κ3) is 3.36. The molecular formula is C13H18FNOS. The van der Waals surface area contributed by atoms with Crippen molar-refractivity contribution in [3.05, 3.63) is 24.0 Å². The fourth-order valence-electron chi connectivity index (χ4n) is 2.11. The number of hydrogen-bond acceptors (Lipinski definition) is 3. The van der Waals surface area contributed by atoms with Crippen LogP contribution in [0.5, 0.6) is 5.75 Å². The van der Waals surface area contributed by atoms with E-state index in [0.29, 0.717) is 0 Å². The highest BCUT2D eigenvalue weighted by atomic mass is 32.2. The molecule has 0 unspecified atom stereocenters. The van der Waals surface area contributed by atoms with E-state index < -0.39 is 5.82 Å². The van der Waals surface area contributed by atoms with Crippen molar-refractivity contribution in [2.45, 2.75) is 31.1 Å². The van der Waals surface area contributed by atoms with Gasteiger partial charge in [0.25, 0.3) is 0 Å². The van der Waals surface area contributed by atoms with Gasteiger partial charge in [-0.2, -0.15) is 0 Å². The van der Waals surface area contributed by atoms with Gasteiger partial charge in [0.1, 0.15) is 0 Å². The highest BCUT2D eigenvalue weighted by Crippen LogP contribution is 2.31. The normalized spacial score (nSPS) is 18.5. The van der Waals surface area contributed by atoms with Crippen LogP contribution in [0.25, 0.3) is 0 Å². The summed E-state index contributed by atoms with van der Waals surface area (Å²) < 4.78 is 15.2. The number of aromatic hydroxyl groups is 1. The summed E-state index contributed by atoms with van der Waals surface area (Å²) in [7, 11) is 0. The van der Waals surface area contributed by atoms with Crippen molar-refractivity contribution >= 4 is 11.9 Å². The molecule has 0 amide bonds. The molecule has 17 heavy (non-hydrogen) atoms. The van der Waals surface area contributed by atoms with Crippen LogP contribution in [-0.4, -0.2) is 22.5 Å². The zero-order valence-electron chi connectivity index (χ0n) is 10.0. The Hall–Kier alpha value is -0.740. The topological polar surface area (TPSA) is 23.5 Å². The van der Waals surface area contributed by atoms with Gasteiger partial charge in [-0.25, -0.2) is 8.70 Å². The minimum atomic E-state index is -0.556. The number of benzene rings is 1. The van der Waals surface area contributed by atoms with Crippen molar-refractivity contribution < 1.29 is 9.50 Å². The van der Waals surface area contributed by atoms with Crippen LogP contribution < -0.4 is 0 Å². The summed E-state index contributed by atoms with van der Waals surface area (Å²) in [6.45, 7) is 4.38. The van der Waals surface area contributed by atoms with Crippen molar-refractivity contribution in [1.29, 1.82) is 0 Å². The molecule has 1 fully saturated rings. The maximum Gasteiger partial charge on any atom is 0.164 e. The summed E-state index contributed by atoms with van der Waals surface area (Å²) in [6, 6.07) is 4.52. The zero-order chi connectivity index (χ0) is 12.3. The molecular weight excluding hydrogens is 237 g/mol. The molecule has 1 saturated heterocycles. The number of phenols is 1. The lowest BCUT2D eigenvalue weighted by Crippen LogP contribution is -2.28. The third-order valence-corrected chi connectivity index (χ3v) is 4.39. The highest BCUT2D eigenvalue weighted by molar-refractivity contribution is 7.97. The summed E-state index contributed by atoms with van der Waals surface area (Å²) in [5, 5.41) is 9.30. The van der Waals surface area contributed by atoms with Gasteiger partial charge >= 0.3 is 0 Å². The standard InChI is InChI=1S/C13H18FNOS/c1-2-10-5-7-15(8-6-10)17-11-3-4-12(14)13(16)9-11/h3-4,9-10,16H,2,5-8H2,1H3. The summed E-state index contributed by atoms with van der Waals surface area (Å²) in [6.07, 6.45) is 3.73. The van der Waals surface area contributed by atoms with Crippen LogP contribution in [0.3, 0.4) is 0 Å². The molecule has 1 aromatic carbocycles. The van der Waals surface area contributed by atoms with Crippen LogP contribution in [0, 0.1) is 11.7 Å². The van der Waals surface area contributed by atoms with E-state index in [1.807, 2.05) is 0 Å². The van der Waals surface area contributed by atoms with Gasteiger partial charge in [-0.3, -0.25) is 0 Å². The first kappa shape index (κ1) is 12.7. The van der Waals surface area contributed by atoms with Gasteiger partial charge < -0.3 is 5.11 Å². The van der Waals surface area contributed by atoms with Crippen molar-refractivity contribution in [3.8, 4) is 5.75 Å². The largest absolute Gasteiger partial charge is 0.505 e. The molecule has 1 aliphatic heterocycles. The SMILES string of the molecule is CCC1CCN(Sc2ccc(F)c(O)c2)CC1. The molecule has 4 heteroatoms. The monoisotopic (exact) mass is 255 g/mol. The number of nitrogens with zero attached hydrogens (tertiary/aromatic N) is 1. The molecule has 2 rings (SSSR count). The summed E-state index contributed by atoms with van der Waals surface area (Å²) in [5.41, 5.74) is 0. The van der Waals surface area contributed by atoms with Crippen LogP contribution >= 0.6 is 11.9 Å². The van der Waals surface area contributed by atoms with E-state index in [4.69, 9.17) is 0 Å². The fourth-order valence-corrected chi connectivity index (χ4v) is 3.09. The maximum atomic E-state index is 12.9. The van der Waals surface area contributed by atoms with Gasteiger partial charge in [-0.1, -0.05) is 13.3 Å². The van der Waals surface area contributed by atoms with Gasteiger partial charge in [0, 0.05) is 18.0 Å². The second-order valence-electron chi connectivity index (χ2n) is 4.49. The summed E-state index contributed by atoms with van der Waals surface area (Å²) in [5.74, 6) is 0.0333. The second kappa shape index (κ2) is 5.74. The average molecular weight is 255 g/mol. The van der Waals surface area contributed by atoms with E-state index in [-0.39, 0.29) is 5.75 Å². The number of hydrogen-bond donors (Lipinski definition) is 1. The first-order chi connectivity index (χ1) is 8.19. The van der Waals surface area contributed by atoms with Gasteiger partial charge in [0.15, 0.2) is 11.6 Å². The Bertz CT molecular complexity index is 378. The number of rotatable bonds is 3. The van der Waals surface area contributed by atoms with E-state index in [0.717, 1.165) is 23.9 Å². The van der Waals surface area contributed by atoms with E-state index in [1.165, 1.54) is 31.4 Å². The van der Waals surface area contributed by atoms with Crippen LogP contribution in [-0.2, 0) is 0 Å². The quantitative estimate of drug-likeness (QED) is 0.834. The highest BCUT2D eigenvalue weighted by Gasteiger charge is 2.18. The molecule has 0 bridgehead atoms. The minimum absolute atomic E-state index is 0.265. The predicted octanol–water partition coefficient (Wildman–Crippen LogP) is 3.66. The first-order valence-electron chi connectivity index (χ1n) is 6.10. The minimum Gasteiger partial charge on any atom is -0.505 e. The molecule has 1 N–H and O–H groups in total. The lowest BCUT2D eigenvalue weighted by molar-refractivity contribution is 0.286. The molecule has 1 aliphatic rings. The zero-order valence-corrected chi connectivity index (χ0v) is 10.8. The van der Waals surface area contributed by atoms with Crippen molar-refractivity contribution in [3.63, 3.8) is 0 Å². The molecule has 1 aromatic rings. The molecule has 0 aromatic heterocycles. The van der Waals surface area contributed by atoms with Crippen molar-refractivity contribution in [2.24, 2.45) is 5.92 Å². The van der Waals surface area contributed by atoms with Gasteiger partial charge in [0.05, 0.1) is 0 Å². The van der Waals surface area contributed by atoms with Crippen LogP contribution in [0.1, 0.15) is 26.2 Å². The van der Waals surface area contributed by atoms with E-state index in [1.54, 1.807) is 18.0 Å². The Morgan fingerprint density at radius 2 is 2.12 bits per heavy atom. The Labute approximate surface area is 106 Å². The van der Waals surface area contributed by atoms with Gasteiger partial charge in [-0.05, 0) is 48.9 Å². The number of piperidine rings is 1. The molecule has 0 saturated carbocycles. The summed E-state index contributed by atoms with van der Waals surface area (Å²) >= 11 is 1.61. The molecule has 0 aliphatic carbocycles. The third-order valence-electron chi connectivity index (χ3n) is 3.30. The lowest BCUT2D eigenvalue weighted by Gasteiger charge is -2.30. The van der Waals surface area contributed by atoms with E-state index >= 15 is 0 Å². The number of halogens is 1. The Kier molecular flexibility index (Phi) is 4.29. The molecule has 2 nitrogen and oxygen atoms in total. The van der Waals surface area contributed by atoms with Gasteiger partial charge in [0.2, 0.25) is 0 Å².